The van der Waals surface area contributed by atoms with Gasteiger partial charge >= 0.3 is 0 Å². The minimum atomic E-state index is 0.753. The number of furan rings is 1. The van der Waals surface area contributed by atoms with Crippen LogP contribution in [0.25, 0.3) is 21.5 Å². The number of rotatable bonds is 3. The molecule has 0 amide bonds. The van der Waals surface area contributed by atoms with Gasteiger partial charge in [-0.1, -0.05) is 0 Å². The standard InChI is InChI=1S/C13H12N2OS/c1-14-7-10-3-5-12(16-10)9-2-4-11-13(6-9)17-8-15-11/h2-6,8,14H,7H2,1H3. The molecule has 0 atom stereocenters. The molecule has 1 aromatic carbocycles. The Morgan fingerprint density at radius 3 is 3.12 bits per heavy atom. The molecule has 2 aromatic heterocycles. The number of nitrogens with zero attached hydrogens (tertiary/aromatic N) is 1. The Bertz CT molecular complexity index is 641. The zero-order valence-electron chi connectivity index (χ0n) is 9.43. The first-order chi connectivity index (χ1) is 8.36. The first kappa shape index (κ1) is 10.5. The molecule has 0 unspecified atom stereocenters. The van der Waals surface area contributed by atoms with Crippen molar-refractivity contribution in [2.45, 2.75) is 6.54 Å². The second kappa shape index (κ2) is 4.31. The number of benzene rings is 1. The van der Waals surface area contributed by atoms with E-state index in [4.69, 9.17) is 4.42 Å². The van der Waals surface area contributed by atoms with E-state index in [1.165, 1.54) is 4.70 Å². The highest BCUT2D eigenvalue weighted by atomic mass is 32.1. The van der Waals surface area contributed by atoms with Crippen LogP contribution >= 0.6 is 11.3 Å². The summed E-state index contributed by atoms with van der Waals surface area (Å²) in [5.74, 6) is 1.86. The lowest BCUT2D eigenvalue weighted by atomic mass is 10.2. The zero-order chi connectivity index (χ0) is 11.7. The summed E-state index contributed by atoms with van der Waals surface area (Å²) in [4.78, 5) is 4.27. The normalized spacial score (nSPS) is 11.1. The number of hydrogen-bond donors (Lipinski definition) is 1. The van der Waals surface area contributed by atoms with Gasteiger partial charge in [0.05, 0.1) is 22.3 Å². The average Bonchev–Trinajstić information content (AvgIpc) is 2.96. The lowest BCUT2D eigenvalue weighted by Gasteiger charge is -1.97. The van der Waals surface area contributed by atoms with Crippen LogP contribution in [0, 0.1) is 0 Å². The van der Waals surface area contributed by atoms with Gasteiger partial charge in [0.15, 0.2) is 0 Å². The molecule has 0 aliphatic carbocycles. The van der Waals surface area contributed by atoms with E-state index in [1.807, 2.05) is 36.8 Å². The van der Waals surface area contributed by atoms with Gasteiger partial charge in [0.1, 0.15) is 11.5 Å². The zero-order valence-corrected chi connectivity index (χ0v) is 10.3. The largest absolute Gasteiger partial charge is 0.460 e. The van der Waals surface area contributed by atoms with Crippen LogP contribution in [0.2, 0.25) is 0 Å². The predicted octanol–water partition coefficient (Wildman–Crippen LogP) is 3.28. The Labute approximate surface area is 103 Å². The summed E-state index contributed by atoms with van der Waals surface area (Å²) in [6.07, 6.45) is 0. The molecular weight excluding hydrogens is 232 g/mol. The summed E-state index contributed by atoms with van der Waals surface area (Å²) in [6.45, 7) is 0.753. The van der Waals surface area contributed by atoms with Crippen LogP contribution in [0.3, 0.4) is 0 Å². The van der Waals surface area contributed by atoms with Crippen LogP contribution in [0.1, 0.15) is 5.76 Å². The van der Waals surface area contributed by atoms with E-state index in [0.717, 1.165) is 29.1 Å². The van der Waals surface area contributed by atoms with E-state index < -0.39 is 0 Å². The van der Waals surface area contributed by atoms with Gasteiger partial charge in [-0.2, -0.15) is 0 Å². The molecule has 17 heavy (non-hydrogen) atoms. The number of nitrogens with one attached hydrogen (secondary N) is 1. The van der Waals surface area contributed by atoms with Crippen LogP contribution < -0.4 is 5.32 Å². The molecule has 0 aliphatic rings. The van der Waals surface area contributed by atoms with Crippen LogP contribution in [0.15, 0.2) is 40.3 Å². The van der Waals surface area contributed by atoms with E-state index in [2.05, 4.69) is 16.4 Å². The SMILES string of the molecule is CNCc1ccc(-c2ccc3ncsc3c2)o1. The van der Waals surface area contributed by atoms with Crippen molar-refractivity contribution in [3.8, 4) is 11.3 Å². The second-order valence-electron chi connectivity index (χ2n) is 3.83. The van der Waals surface area contributed by atoms with Gasteiger partial charge in [0.2, 0.25) is 0 Å². The lowest BCUT2D eigenvalue weighted by Crippen LogP contribution is -2.03. The van der Waals surface area contributed by atoms with Gasteiger partial charge in [-0.15, -0.1) is 11.3 Å². The van der Waals surface area contributed by atoms with Crippen molar-refractivity contribution in [1.29, 1.82) is 0 Å². The van der Waals surface area contributed by atoms with Crippen LogP contribution in [0.4, 0.5) is 0 Å². The summed E-state index contributed by atoms with van der Waals surface area (Å²) in [7, 11) is 1.91. The Morgan fingerprint density at radius 2 is 2.24 bits per heavy atom. The molecule has 86 valence electrons. The Balaban J connectivity index is 2.00. The Hall–Kier alpha value is -1.65. The molecule has 1 N–H and O–H groups in total. The molecule has 3 rings (SSSR count). The van der Waals surface area contributed by atoms with Crippen molar-refractivity contribution in [3.63, 3.8) is 0 Å². The van der Waals surface area contributed by atoms with Crippen molar-refractivity contribution >= 4 is 21.6 Å². The van der Waals surface area contributed by atoms with E-state index in [0.29, 0.717) is 0 Å². The maximum absolute atomic E-state index is 5.76. The predicted molar refractivity (Wildman–Crippen MR) is 70.1 cm³/mol. The highest BCUT2D eigenvalue weighted by Crippen LogP contribution is 2.27. The third-order valence-corrected chi connectivity index (χ3v) is 3.42. The highest BCUT2D eigenvalue weighted by Gasteiger charge is 2.06. The average molecular weight is 244 g/mol. The number of fused-ring (bicyclic) bond motifs is 1. The molecule has 0 spiro atoms. The first-order valence-electron chi connectivity index (χ1n) is 5.44. The van der Waals surface area contributed by atoms with E-state index in [9.17, 15) is 0 Å². The topological polar surface area (TPSA) is 38.1 Å². The number of hydrogen-bond acceptors (Lipinski definition) is 4. The van der Waals surface area contributed by atoms with Crippen molar-refractivity contribution in [1.82, 2.24) is 10.3 Å². The second-order valence-corrected chi connectivity index (χ2v) is 4.72. The van der Waals surface area contributed by atoms with Crippen LogP contribution in [-0.4, -0.2) is 12.0 Å². The van der Waals surface area contributed by atoms with Gasteiger partial charge in [-0.25, -0.2) is 4.98 Å². The third kappa shape index (κ3) is 1.97. The van der Waals surface area contributed by atoms with Crippen molar-refractivity contribution in [2.75, 3.05) is 7.05 Å². The summed E-state index contributed by atoms with van der Waals surface area (Å²) < 4.78 is 6.95. The Kier molecular flexibility index (Phi) is 2.66. The summed E-state index contributed by atoms with van der Waals surface area (Å²) >= 11 is 1.65. The highest BCUT2D eigenvalue weighted by molar-refractivity contribution is 7.16. The maximum atomic E-state index is 5.76. The van der Waals surface area contributed by atoms with Gasteiger partial charge in [-0.05, 0) is 37.4 Å². The van der Waals surface area contributed by atoms with Gasteiger partial charge < -0.3 is 9.73 Å². The molecule has 0 saturated heterocycles. The van der Waals surface area contributed by atoms with Crippen molar-refractivity contribution in [3.05, 3.63) is 41.6 Å². The maximum Gasteiger partial charge on any atom is 0.134 e. The van der Waals surface area contributed by atoms with Crippen LogP contribution in [-0.2, 0) is 6.54 Å². The third-order valence-electron chi connectivity index (χ3n) is 2.63. The molecule has 0 aliphatic heterocycles. The van der Waals surface area contributed by atoms with E-state index >= 15 is 0 Å². The van der Waals surface area contributed by atoms with E-state index in [-0.39, 0.29) is 0 Å². The molecule has 0 bridgehead atoms. The summed E-state index contributed by atoms with van der Waals surface area (Å²) in [6, 6.07) is 10.2. The van der Waals surface area contributed by atoms with Crippen molar-refractivity contribution in [2.24, 2.45) is 0 Å². The minimum absolute atomic E-state index is 0.753. The molecule has 0 fully saturated rings. The molecule has 3 aromatic rings. The number of aromatic nitrogens is 1. The van der Waals surface area contributed by atoms with Gasteiger partial charge in [-0.3, -0.25) is 0 Å². The fourth-order valence-corrected chi connectivity index (χ4v) is 2.53. The van der Waals surface area contributed by atoms with Crippen LogP contribution in [0.5, 0.6) is 0 Å². The molecule has 4 heteroatoms. The summed E-state index contributed by atoms with van der Waals surface area (Å²) in [5, 5.41) is 3.07. The monoisotopic (exact) mass is 244 g/mol. The fraction of sp³-hybridized carbons (Fsp3) is 0.154. The van der Waals surface area contributed by atoms with Crippen molar-refractivity contribution < 1.29 is 4.42 Å². The molecule has 0 radical (unpaired) electrons. The lowest BCUT2D eigenvalue weighted by molar-refractivity contribution is 0.507. The smallest absolute Gasteiger partial charge is 0.134 e. The molecule has 3 nitrogen and oxygen atoms in total. The first-order valence-corrected chi connectivity index (χ1v) is 6.32. The number of thiazole rings is 1. The summed E-state index contributed by atoms with van der Waals surface area (Å²) in [5.41, 5.74) is 4.01. The molecule has 0 saturated carbocycles. The van der Waals surface area contributed by atoms with Gasteiger partial charge in [0, 0.05) is 5.56 Å². The fourth-order valence-electron chi connectivity index (χ4n) is 1.81. The minimum Gasteiger partial charge on any atom is -0.460 e. The Morgan fingerprint density at radius 1 is 1.29 bits per heavy atom. The molecular formula is C13H12N2OS. The quantitative estimate of drug-likeness (QED) is 0.768. The van der Waals surface area contributed by atoms with E-state index in [1.54, 1.807) is 11.3 Å². The van der Waals surface area contributed by atoms with Gasteiger partial charge in [0.25, 0.3) is 0 Å². The molecule has 2 heterocycles.